The van der Waals surface area contributed by atoms with Crippen LogP contribution >= 0.6 is 0 Å². The van der Waals surface area contributed by atoms with Gasteiger partial charge < -0.3 is 5.32 Å². The Morgan fingerprint density at radius 1 is 1.38 bits per heavy atom. The second-order valence-corrected chi connectivity index (χ2v) is 6.15. The summed E-state index contributed by atoms with van der Waals surface area (Å²) in [5.41, 5.74) is 2.23. The molecule has 0 spiro atoms. The number of nitrogens with one attached hydrogen (secondary N) is 1. The summed E-state index contributed by atoms with van der Waals surface area (Å²) in [4.78, 5) is 0. The second-order valence-electron chi connectivity index (χ2n) is 6.15. The molecule has 0 saturated heterocycles. The van der Waals surface area contributed by atoms with Crippen LogP contribution in [-0.2, 0) is 13.0 Å². The average Bonchev–Trinajstić information content (AvgIpc) is 2.78. The first-order valence-corrected chi connectivity index (χ1v) is 8.09. The Kier molecular flexibility index (Phi) is 5.36. The van der Waals surface area contributed by atoms with E-state index in [2.05, 4.69) is 30.3 Å². The molecule has 1 saturated carbocycles. The van der Waals surface area contributed by atoms with Crippen molar-refractivity contribution in [3.05, 3.63) is 17.5 Å². The largest absolute Gasteiger partial charge is 0.314 e. The van der Waals surface area contributed by atoms with Crippen LogP contribution in [0.1, 0.15) is 50.9 Å². The maximum Gasteiger partial charge on any atom is 0.248 e. The summed E-state index contributed by atoms with van der Waals surface area (Å²) < 4.78 is 28.7. The molecule has 0 amide bonds. The molecule has 0 aliphatic heterocycles. The van der Waals surface area contributed by atoms with E-state index in [-0.39, 0.29) is 18.9 Å². The lowest BCUT2D eigenvalue weighted by Crippen LogP contribution is -2.41. The van der Waals surface area contributed by atoms with E-state index in [1.54, 1.807) is 0 Å². The predicted octanol–water partition coefficient (Wildman–Crippen LogP) is 3.56. The Balaban J connectivity index is 2.05. The molecule has 1 heterocycles. The Labute approximate surface area is 126 Å². The second kappa shape index (κ2) is 6.86. The van der Waals surface area contributed by atoms with Gasteiger partial charge in [0.15, 0.2) is 0 Å². The Bertz CT molecular complexity index is 446. The normalized spacial score (nSPS) is 20.6. The van der Waals surface area contributed by atoms with Crippen molar-refractivity contribution in [2.24, 2.45) is 5.92 Å². The zero-order valence-electron chi connectivity index (χ0n) is 13.3. The van der Waals surface area contributed by atoms with Crippen LogP contribution in [0.5, 0.6) is 0 Å². The topological polar surface area (TPSA) is 29.9 Å². The van der Waals surface area contributed by atoms with E-state index in [1.165, 1.54) is 5.69 Å². The number of hydrogen-bond donors (Lipinski definition) is 1. The molecule has 120 valence electrons. The van der Waals surface area contributed by atoms with E-state index in [9.17, 15) is 8.78 Å². The van der Waals surface area contributed by atoms with Crippen molar-refractivity contribution < 1.29 is 8.78 Å². The molecule has 0 aromatic carbocycles. The van der Waals surface area contributed by atoms with Crippen molar-refractivity contribution in [1.82, 2.24) is 15.1 Å². The first-order chi connectivity index (χ1) is 9.95. The SMILES string of the molecule is CCNC(Cc1cc(C)nn1CC)C1CCC(F)(F)CC1. The van der Waals surface area contributed by atoms with Gasteiger partial charge in [0, 0.05) is 37.5 Å². The fourth-order valence-electron chi connectivity index (χ4n) is 3.40. The zero-order valence-corrected chi connectivity index (χ0v) is 13.3. The summed E-state index contributed by atoms with van der Waals surface area (Å²) in [5.74, 6) is -2.11. The maximum atomic E-state index is 13.3. The quantitative estimate of drug-likeness (QED) is 0.870. The van der Waals surface area contributed by atoms with E-state index < -0.39 is 5.92 Å². The highest BCUT2D eigenvalue weighted by molar-refractivity contribution is 5.11. The van der Waals surface area contributed by atoms with Crippen LogP contribution in [0.4, 0.5) is 8.78 Å². The number of alkyl halides is 2. The van der Waals surface area contributed by atoms with Crippen molar-refractivity contribution in [2.75, 3.05) is 6.54 Å². The van der Waals surface area contributed by atoms with Gasteiger partial charge in [-0.25, -0.2) is 8.78 Å². The summed E-state index contributed by atoms with van der Waals surface area (Å²) in [5, 5.41) is 7.98. The zero-order chi connectivity index (χ0) is 15.5. The third-order valence-corrected chi connectivity index (χ3v) is 4.51. The smallest absolute Gasteiger partial charge is 0.248 e. The van der Waals surface area contributed by atoms with Crippen molar-refractivity contribution in [3.8, 4) is 0 Å². The van der Waals surface area contributed by atoms with Gasteiger partial charge in [-0.2, -0.15) is 5.10 Å². The van der Waals surface area contributed by atoms with Gasteiger partial charge >= 0.3 is 0 Å². The summed E-state index contributed by atoms with van der Waals surface area (Å²) >= 11 is 0. The molecule has 1 aliphatic rings. The van der Waals surface area contributed by atoms with Gasteiger partial charge in [-0.05, 0) is 45.2 Å². The molecule has 2 rings (SSSR count). The number of aryl methyl sites for hydroxylation is 2. The molecule has 21 heavy (non-hydrogen) atoms. The van der Waals surface area contributed by atoms with Gasteiger partial charge in [0.25, 0.3) is 0 Å². The van der Waals surface area contributed by atoms with Crippen LogP contribution in [-0.4, -0.2) is 28.3 Å². The van der Waals surface area contributed by atoms with Gasteiger partial charge in [0.05, 0.1) is 5.69 Å². The molecule has 1 fully saturated rings. The van der Waals surface area contributed by atoms with Gasteiger partial charge in [0.2, 0.25) is 5.92 Å². The van der Waals surface area contributed by atoms with Crippen molar-refractivity contribution in [3.63, 3.8) is 0 Å². The molecule has 0 radical (unpaired) electrons. The molecule has 1 unspecified atom stereocenters. The molecule has 5 heteroatoms. The number of halogens is 2. The fraction of sp³-hybridized carbons (Fsp3) is 0.812. The van der Waals surface area contributed by atoms with Gasteiger partial charge in [-0.1, -0.05) is 6.92 Å². The first-order valence-electron chi connectivity index (χ1n) is 8.09. The van der Waals surface area contributed by atoms with Gasteiger partial charge in [0.1, 0.15) is 0 Å². The molecular weight excluding hydrogens is 272 g/mol. The third kappa shape index (κ3) is 4.25. The van der Waals surface area contributed by atoms with Crippen molar-refractivity contribution in [2.45, 2.75) is 71.4 Å². The first kappa shape index (κ1) is 16.4. The number of hydrogen-bond acceptors (Lipinski definition) is 2. The van der Waals surface area contributed by atoms with E-state index in [0.29, 0.717) is 18.8 Å². The lowest BCUT2D eigenvalue weighted by molar-refractivity contribution is -0.0495. The minimum absolute atomic E-state index is 0.0334. The lowest BCUT2D eigenvalue weighted by Gasteiger charge is -2.34. The monoisotopic (exact) mass is 299 g/mol. The molecule has 1 atom stereocenters. The minimum Gasteiger partial charge on any atom is -0.314 e. The highest BCUT2D eigenvalue weighted by Crippen LogP contribution is 2.38. The van der Waals surface area contributed by atoms with E-state index >= 15 is 0 Å². The summed E-state index contributed by atoms with van der Waals surface area (Å²) in [7, 11) is 0. The molecule has 0 bridgehead atoms. The van der Waals surface area contributed by atoms with Crippen LogP contribution in [0, 0.1) is 12.8 Å². The summed E-state index contributed by atoms with van der Waals surface area (Å²) in [6.07, 6.45) is 2.17. The van der Waals surface area contributed by atoms with Gasteiger partial charge in [-0.15, -0.1) is 0 Å². The van der Waals surface area contributed by atoms with Crippen LogP contribution in [0.3, 0.4) is 0 Å². The van der Waals surface area contributed by atoms with Crippen LogP contribution in [0.2, 0.25) is 0 Å². The Hall–Kier alpha value is -0.970. The lowest BCUT2D eigenvalue weighted by atomic mass is 9.80. The van der Waals surface area contributed by atoms with E-state index in [4.69, 9.17) is 0 Å². The summed E-state index contributed by atoms with van der Waals surface area (Å²) in [6.45, 7) is 7.88. The molecule has 1 aromatic rings. The third-order valence-electron chi connectivity index (χ3n) is 4.51. The molecule has 1 N–H and O–H groups in total. The molecule has 3 nitrogen and oxygen atoms in total. The van der Waals surface area contributed by atoms with Crippen LogP contribution in [0.25, 0.3) is 0 Å². The molecule has 1 aliphatic carbocycles. The average molecular weight is 299 g/mol. The maximum absolute atomic E-state index is 13.3. The predicted molar refractivity (Wildman–Crippen MR) is 80.7 cm³/mol. The van der Waals surface area contributed by atoms with E-state index in [0.717, 1.165) is 25.2 Å². The van der Waals surface area contributed by atoms with E-state index in [1.807, 2.05) is 11.6 Å². The van der Waals surface area contributed by atoms with Crippen LogP contribution in [0.15, 0.2) is 6.07 Å². The molecule has 1 aromatic heterocycles. The number of aromatic nitrogens is 2. The Morgan fingerprint density at radius 3 is 2.62 bits per heavy atom. The number of rotatable bonds is 6. The standard InChI is InChI=1S/C16H27F2N3/c1-4-19-15(13-6-8-16(17,18)9-7-13)11-14-10-12(3)20-21(14)5-2/h10,13,15,19H,4-9,11H2,1-3H3. The number of likely N-dealkylation sites (N-methyl/N-ethyl adjacent to an activating group) is 1. The van der Waals surface area contributed by atoms with Crippen molar-refractivity contribution >= 4 is 0 Å². The van der Waals surface area contributed by atoms with Crippen molar-refractivity contribution in [1.29, 1.82) is 0 Å². The molecular formula is C16H27F2N3. The highest BCUT2D eigenvalue weighted by Gasteiger charge is 2.37. The Morgan fingerprint density at radius 2 is 2.05 bits per heavy atom. The van der Waals surface area contributed by atoms with Gasteiger partial charge in [-0.3, -0.25) is 4.68 Å². The minimum atomic E-state index is -2.45. The summed E-state index contributed by atoms with van der Waals surface area (Å²) in [6, 6.07) is 2.39. The highest BCUT2D eigenvalue weighted by atomic mass is 19.3. The number of nitrogens with zero attached hydrogens (tertiary/aromatic N) is 2. The van der Waals surface area contributed by atoms with Crippen LogP contribution < -0.4 is 5.32 Å². The fourth-order valence-corrected chi connectivity index (χ4v) is 3.40.